The van der Waals surface area contributed by atoms with Crippen molar-refractivity contribution in [2.75, 3.05) is 0 Å². The Labute approximate surface area is 98.3 Å². The molecule has 0 bridgehead atoms. The Morgan fingerprint density at radius 2 is 0.500 bits per heavy atom. The molecule has 0 unspecified atom stereocenters. The van der Waals surface area contributed by atoms with Crippen molar-refractivity contribution in [2.45, 2.75) is 0 Å². The predicted octanol–water partition coefficient (Wildman–Crippen LogP) is -4.74. The van der Waals surface area contributed by atoms with Crippen LogP contribution in [0, 0.1) is 0 Å². The van der Waals surface area contributed by atoms with E-state index in [0.717, 1.165) is 0 Å². The van der Waals surface area contributed by atoms with E-state index >= 15 is 0 Å². The van der Waals surface area contributed by atoms with Crippen molar-refractivity contribution < 1.29 is 0 Å². The first-order valence-electron chi connectivity index (χ1n) is 0. The average molecular weight is 485 g/mol. The molecule has 0 saturated heterocycles. The molecule has 0 saturated carbocycles. The molecule has 0 fully saturated rings. The first kappa shape index (κ1) is 26.3. The van der Waals surface area contributed by atoms with E-state index in [1.807, 2.05) is 0 Å². The van der Waals surface area contributed by atoms with Crippen LogP contribution in [0.1, 0.15) is 0 Å². The summed E-state index contributed by atoms with van der Waals surface area (Å²) in [4.78, 5) is 0. The molecule has 0 rings (SSSR count). The molecule has 0 aliphatic rings. The van der Waals surface area contributed by atoms with E-state index in [-0.39, 0.29) is 101 Å². The van der Waals surface area contributed by atoms with Crippen LogP contribution in [-0.4, -0.2) is 101 Å². The number of rotatable bonds is 0. The van der Waals surface area contributed by atoms with E-state index < -0.39 is 0 Å². The van der Waals surface area contributed by atoms with Gasteiger partial charge in [0, 0.05) is 0 Å². The van der Waals surface area contributed by atoms with Gasteiger partial charge in [0.2, 0.25) is 0 Å². The summed E-state index contributed by atoms with van der Waals surface area (Å²) in [5.41, 5.74) is 0. The second-order valence-electron chi connectivity index (χ2n) is 0. The maximum absolute atomic E-state index is 0. The Balaban J connectivity index is 0. The third-order valence-corrected chi connectivity index (χ3v) is 0. The summed E-state index contributed by atoms with van der Waals surface area (Å²) in [7, 11) is 0. The van der Waals surface area contributed by atoms with Crippen LogP contribution < -0.4 is 0 Å². The molecule has 4 heteroatoms. The summed E-state index contributed by atoms with van der Waals surface area (Å²) in [6.45, 7) is 0. The van der Waals surface area contributed by atoms with Crippen LogP contribution in [0.2, 0.25) is 0 Å². The normalized spacial score (nSPS) is 0. The minimum absolute atomic E-state index is 0. The zero-order valence-corrected chi connectivity index (χ0v) is 7.75. The Morgan fingerprint density at radius 1 is 0.500 bits per heavy atom. The van der Waals surface area contributed by atoms with Gasteiger partial charge in [-0.2, -0.15) is 0 Å². The third-order valence-electron chi connectivity index (χ3n) is 0. The standard InChI is InChI=1S/2In.2Sb.12H/q2*+3;2*-3;;;;;;;;;;;;. The van der Waals surface area contributed by atoms with Crippen LogP contribution >= 0.6 is 0 Å². The first-order chi connectivity index (χ1) is 0. The molecule has 28 valence electrons. The molecule has 0 aromatic heterocycles. The zero-order chi connectivity index (χ0) is 0. The van der Waals surface area contributed by atoms with E-state index in [1.54, 1.807) is 0 Å². The van der Waals surface area contributed by atoms with Gasteiger partial charge in [-0.25, -0.2) is 0 Å². The fraction of sp³-hybridized carbons (Fsp3) is 0. The molecule has 0 aromatic rings. The van der Waals surface area contributed by atoms with Crippen LogP contribution in [0.4, 0.5) is 0 Å². The van der Waals surface area contributed by atoms with Gasteiger partial charge in [-0.05, 0) is 0 Å². The molecule has 4 heavy (non-hydrogen) atoms. The Morgan fingerprint density at radius 3 is 0.500 bits per heavy atom. The molecule has 0 aliphatic heterocycles. The van der Waals surface area contributed by atoms with Crippen molar-refractivity contribution in [1.29, 1.82) is 0 Å². The first-order valence-corrected chi connectivity index (χ1v) is 0. The van der Waals surface area contributed by atoms with Gasteiger partial charge >= 0.3 is 101 Å². The van der Waals surface area contributed by atoms with E-state index in [1.165, 1.54) is 0 Å². The molecule has 0 radical (unpaired) electrons. The van der Waals surface area contributed by atoms with Crippen molar-refractivity contribution >= 4 is 101 Å². The molecule has 0 amide bonds. The van der Waals surface area contributed by atoms with Crippen molar-refractivity contribution in [3.8, 4) is 0 Å². The number of hydrogen-bond donors (Lipinski definition) is 0. The van der Waals surface area contributed by atoms with E-state index in [2.05, 4.69) is 0 Å². The Bertz CT molecular complexity index is 4.00. The van der Waals surface area contributed by atoms with Crippen LogP contribution in [0.3, 0.4) is 0 Å². The molecule has 0 heterocycles. The molecule has 0 atom stereocenters. The van der Waals surface area contributed by atoms with Gasteiger partial charge in [0.15, 0.2) is 0 Å². The van der Waals surface area contributed by atoms with Gasteiger partial charge in [0.05, 0.1) is 0 Å². The summed E-state index contributed by atoms with van der Waals surface area (Å²) >= 11 is 0. The molecule has 0 nitrogen and oxygen atoms in total. The summed E-state index contributed by atoms with van der Waals surface area (Å²) in [6, 6.07) is 0. The topological polar surface area (TPSA) is 0 Å². The van der Waals surface area contributed by atoms with Gasteiger partial charge in [-0.3, -0.25) is 0 Å². The van der Waals surface area contributed by atoms with E-state index in [9.17, 15) is 0 Å². The van der Waals surface area contributed by atoms with Gasteiger partial charge in [0.25, 0.3) is 0 Å². The molecule has 0 aromatic carbocycles. The summed E-state index contributed by atoms with van der Waals surface area (Å²) in [5, 5.41) is 0. The van der Waals surface area contributed by atoms with Crippen LogP contribution in [0.5, 0.6) is 0 Å². The molecule has 0 aliphatic carbocycles. The van der Waals surface area contributed by atoms with Crippen LogP contribution in [0.25, 0.3) is 0 Å². The second kappa shape index (κ2) is 16.2. The second-order valence-corrected chi connectivity index (χ2v) is 0. The molecular formula is H12In2Sb2. The fourth-order valence-corrected chi connectivity index (χ4v) is 0. The fourth-order valence-electron chi connectivity index (χ4n) is 0. The van der Waals surface area contributed by atoms with Crippen molar-refractivity contribution in [1.82, 2.24) is 0 Å². The monoisotopic (exact) mass is 484 g/mol. The van der Waals surface area contributed by atoms with Gasteiger partial charge in [-0.1, -0.05) is 0 Å². The van der Waals surface area contributed by atoms with E-state index in [0.29, 0.717) is 0 Å². The van der Waals surface area contributed by atoms with Gasteiger partial charge in [-0.15, -0.1) is 0 Å². The number of hydrogen-bond acceptors (Lipinski definition) is 0. The Hall–Kier alpha value is 3.38. The molecule has 0 spiro atoms. The maximum atomic E-state index is 0. The molecular weight excluding hydrogens is 473 g/mol. The molecule has 0 N–H and O–H groups in total. The quantitative estimate of drug-likeness (QED) is 0.303. The summed E-state index contributed by atoms with van der Waals surface area (Å²) in [5.74, 6) is 0. The van der Waals surface area contributed by atoms with Crippen molar-refractivity contribution in [3.63, 3.8) is 0 Å². The predicted molar refractivity (Wildman–Crippen MR) is 39.8 cm³/mol. The van der Waals surface area contributed by atoms with Gasteiger partial charge < -0.3 is 0 Å². The third kappa shape index (κ3) is 9.03. The minimum atomic E-state index is 0. The Kier molecular flexibility index (Phi) is 106. The van der Waals surface area contributed by atoms with Gasteiger partial charge in [0.1, 0.15) is 0 Å². The van der Waals surface area contributed by atoms with Crippen LogP contribution in [-0.2, 0) is 0 Å². The summed E-state index contributed by atoms with van der Waals surface area (Å²) < 4.78 is 0. The SMILES string of the molecule is [In+3].[In+3].[SbH6-3].[SbH6-3]. The summed E-state index contributed by atoms with van der Waals surface area (Å²) in [6.07, 6.45) is 0. The van der Waals surface area contributed by atoms with Crippen molar-refractivity contribution in [3.05, 3.63) is 0 Å². The zero-order valence-electron chi connectivity index (χ0n) is 1.15. The van der Waals surface area contributed by atoms with E-state index in [4.69, 9.17) is 0 Å². The average Bonchev–Trinajstić information content (AvgIpc) is 0. The van der Waals surface area contributed by atoms with Crippen molar-refractivity contribution in [2.24, 2.45) is 0 Å². The van der Waals surface area contributed by atoms with Crippen LogP contribution in [0.15, 0.2) is 0 Å².